The van der Waals surface area contributed by atoms with Crippen LogP contribution in [0, 0.1) is 5.82 Å². The van der Waals surface area contributed by atoms with Crippen LogP contribution in [-0.2, 0) is 20.4 Å². The van der Waals surface area contributed by atoms with E-state index < -0.39 is 27.8 Å². The smallest absolute Gasteiger partial charge is 0.378 e. The average Bonchev–Trinajstić information content (AvgIpc) is 2.97. The van der Waals surface area contributed by atoms with Crippen molar-refractivity contribution in [2.45, 2.75) is 40.6 Å². The maximum Gasteiger partial charge on any atom is 0.421 e. The van der Waals surface area contributed by atoms with Crippen molar-refractivity contribution in [1.29, 1.82) is 0 Å². The quantitative estimate of drug-likeness (QED) is 0.285. The Morgan fingerprint density at radius 2 is 1.65 bits per heavy atom. The second-order valence-corrected chi connectivity index (χ2v) is 13.3. The number of nitrogens with zero attached hydrogens (tertiary/aromatic N) is 3. The van der Waals surface area contributed by atoms with Gasteiger partial charge in [0.25, 0.3) is 0 Å². The van der Waals surface area contributed by atoms with E-state index in [0.29, 0.717) is 43.8 Å². The van der Waals surface area contributed by atoms with Crippen molar-refractivity contribution in [1.82, 2.24) is 9.21 Å². The van der Waals surface area contributed by atoms with Crippen molar-refractivity contribution in [3.05, 3.63) is 89.7 Å². The molecule has 3 aromatic rings. The highest BCUT2D eigenvalue weighted by molar-refractivity contribution is 7.90. The van der Waals surface area contributed by atoms with Crippen LogP contribution < -0.4 is 4.90 Å². The van der Waals surface area contributed by atoms with Gasteiger partial charge in [-0.2, -0.15) is 17.5 Å². The minimum absolute atomic E-state index is 0.0971. The second kappa shape index (κ2) is 12.4. The normalized spacial score (nSPS) is 22.3. The van der Waals surface area contributed by atoms with Gasteiger partial charge in [0.2, 0.25) is 10.0 Å². The van der Waals surface area contributed by atoms with Gasteiger partial charge in [0.15, 0.2) is 5.60 Å². The summed E-state index contributed by atoms with van der Waals surface area (Å²) in [6.45, 7) is 3.03. The Morgan fingerprint density at radius 3 is 2.30 bits per heavy atom. The number of alkyl halides is 3. The molecule has 0 aliphatic carbocycles. The monoisotopic (exact) mass is 639 g/mol. The topological polar surface area (TPSA) is 73.3 Å². The number of hydrogen-bond donors (Lipinski definition) is 2. The Bertz CT molecular complexity index is 1520. The van der Waals surface area contributed by atoms with Gasteiger partial charge in [0, 0.05) is 43.3 Å². The van der Waals surface area contributed by atoms with Gasteiger partial charge < -0.3 is 14.7 Å². The summed E-state index contributed by atoms with van der Waals surface area (Å²) in [5, 5.41) is 10.1. The fourth-order valence-electron chi connectivity index (χ4n) is 5.62. The zero-order valence-electron chi connectivity index (χ0n) is 23.4. The fourth-order valence-corrected chi connectivity index (χ4v) is 7.67. The van der Waals surface area contributed by atoms with Crippen molar-refractivity contribution in [2.75, 3.05) is 50.8 Å². The Labute approximate surface area is 254 Å². The van der Waals surface area contributed by atoms with Crippen LogP contribution in [0.25, 0.3) is 0 Å². The molecule has 0 saturated carbocycles. The molecule has 0 radical (unpaired) electrons. The summed E-state index contributed by atoms with van der Waals surface area (Å²) < 4.78 is 88.6. The molecule has 1 N–H and O–H groups in total. The number of hydrogen-bond acceptors (Lipinski definition) is 7. The average molecular weight is 640 g/mol. The highest BCUT2D eigenvalue weighted by Gasteiger charge is 2.51. The largest absolute Gasteiger partial charge is 0.421 e. The van der Waals surface area contributed by atoms with E-state index in [0.717, 1.165) is 5.56 Å². The molecule has 3 atom stereocenters. The van der Waals surface area contributed by atoms with E-state index >= 15 is 0 Å². The zero-order chi connectivity index (χ0) is 31.0. The van der Waals surface area contributed by atoms with E-state index in [9.17, 15) is 31.1 Å². The molecule has 43 heavy (non-hydrogen) atoms. The van der Waals surface area contributed by atoms with Gasteiger partial charge in [-0.05, 0) is 54.4 Å². The molecule has 0 unspecified atom stereocenters. The second-order valence-electron chi connectivity index (χ2n) is 10.9. The molecular formula is C30H33F4N3O4S2. The van der Waals surface area contributed by atoms with Gasteiger partial charge in [-0.15, -0.1) is 12.6 Å². The lowest BCUT2D eigenvalue weighted by molar-refractivity contribution is -0.258. The van der Waals surface area contributed by atoms with Crippen molar-refractivity contribution in [2.24, 2.45) is 0 Å². The van der Waals surface area contributed by atoms with Gasteiger partial charge in [-0.1, -0.05) is 36.4 Å². The van der Waals surface area contributed by atoms with Crippen LogP contribution in [0.2, 0.25) is 0 Å². The third-order valence-electron chi connectivity index (χ3n) is 8.18. The molecule has 5 rings (SSSR count). The predicted molar refractivity (Wildman–Crippen MR) is 157 cm³/mol. The third kappa shape index (κ3) is 6.57. The summed E-state index contributed by atoms with van der Waals surface area (Å²) in [5.74, 6) is -0.358. The minimum Gasteiger partial charge on any atom is -0.378 e. The Hall–Kier alpha value is -2.68. The first kappa shape index (κ1) is 31.7. The summed E-state index contributed by atoms with van der Waals surface area (Å²) in [7, 11) is -3.90. The molecule has 13 heteroatoms. The zero-order valence-corrected chi connectivity index (χ0v) is 25.1. The molecule has 2 aliphatic rings. The van der Waals surface area contributed by atoms with Crippen LogP contribution in [-0.4, -0.2) is 80.9 Å². The summed E-state index contributed by atoms with van der Waals surface area (Å²) in [4.78, 5) is 4.58. The van der Waals surface area contributed by atoms with Crippen molar-refractivity contribution in [3.8, 4) is 0 Å². The maximum atomic E-state index is 13.7. The molecule has 0 aromatic heterocycles. The summed E-state index contributed by atoms with van der Waals surface area (Å²) in [5.41, 5.74) is -1.86. The lowest BCUT2D eigenvalue weighted by atomic mass is 9.95. The third-order valence-corrected chi connectivity index (χ3v) is 10.6. The number of anilines is 1. The van der Waals surface area contributed by atoms with Gasteiger partial charge in [0.05, 0.1) is 30.2 Å². The Balaban J connectivity index is 1.46. The molecule has 7 nitrogen and oxygen atoms in total. The number of aliphatic hydroxyl groups is 1. The number of benzene rings is 3. The van der Waals surface area contributed by atoms with E-state index in [-0.39, 0.29) is 42.0 Å². The number of halogens is 4. The van der Waals surface area contributed by atoms with Crippen molar-refractivity contribution < 1.29 is 35.8 Å². The SMILES string of the molecule is C[C@@](O)(c1ccc(N2CCN(S(=O)(=O)c3ccccc3S)C[C@@H]2CN2CCOC[C@H]2c2ccc(F)cc2)cc1)C(F)(F)F. The van der Waals surface area contributed by atoms with Gasteiger partial charge in [-0.3, -0.25) is 4.90 Å². The predicted octanol–water partition coefficient (Wildman–Crippen LogP) is 4.84. The summed E-state index contributed by atoms with van der Waals surface area (Å²) in [6, 6.07) is 17.6. The molecule has 2 fully saturated rings. The van der Waals surface area contributed by atoms with Gasteiger partial charge in [0.1, 0.15) is 5.82 Å². The van der Waals surface area contributed by atoms with Crippen molar-refractivity contribution >= 4 is 28.3 Å². The van der Waals surface area contributed by atoms with Crippen LogP contribution in [0.4, 0.5) is 23.2 Å². The lowest BCUT2D eigenvalue weighted by Crippen LogP contribution is -2.59. The van der Waals surface area contributed by atoms with Crippen molar-refractivity contribution in [3.63, 3.8) is 0 Å². The summed E-state index contributed by atoms with van der Waals surface area (Å²) in [6.07, 6.45) is -4.86. The standard InChI is InChI=1S/C30H33F4N3O4S2/c1-29(38,30(32,33)34)22-8-12-24(13-9-22)37-15-14-36(43(39,40)28-5-3-2-4-27(28)42)19-25(37)18-35-16-17-41-20-26(35)21-6-10-23(31)11-7-21/h2-13,25-26,38,42H,14-20H2,1H3/t25-,26-,29+/m0/s1. The highest BCUT2D eigenvalue weighted by Crippen LogP contribution is 2.39. The minimum atomic E-state index is -4.86. The fraction of sp³-hybridized carbons (Fsp3) is 0.400. The number of rotatable bonds is 7. The van der Waals surface area contributed by atoms with Crippen LogP contribution in [0.5, 0.6) is 0 Å². The lowest BCUT2D eigenvalue weighted by Gasteiger charge is -2.46. The number of piperazine rings is 1. The number of ether oxygens (including phenoxy) is 1. The van der Waals surface area contributed by atoms with Gasteiger partial charge in [-0.25, -0.2) is 12.8 Å². The molecule has 2 saturated heterocycles. The molecule has 0 amide bonds. The van der Waals surface area contributed by atoms with E-state index in [1.807, 2.05) is 4.90 Å². The van der Waals surface area contributed by atoms with E-state index in [1.54, 1.807) is 30.3 Å². The van der Waals surface area contributed by atoms with E-state index in [4.69, 9.17) is 4.74 Å². The maximum absolute atomic E-state index is 13.7. The van der Waals surface area contributed by atoms with Crippen LogP contribution >= 0.6 is 12.6 Å². The van der Waals surface area contributed by atoms with E-state index in [2.05, 4.69) is 17.5 Å². The highest BCUT2D eigenvalue weighted by atomic mass is 32.2. The number of morpholine rings is 1. The molecule has 232 valence electrons. The molecule has 3 aromatic carbocycles. The van der Waals surface area contributed by atoms with Crippen LogP contribution in [0.1, 0.15) is 24.1 Å². The van der Waals surface area contributed by atoms with E-state index in [1.165, 1.54) is 46.8 Å². The first-order valence-corrected chi connectivity index (χ1v) is 15.7. The molecule has 2 aliphatic heterocycles. The number of thiol groups is 1. The Kier molecular flexibility index (Phi) is 9.13. The molecule has 2 heterocycles. The van der Waals surface area contributed by atoms with Crippen LogP contribution in [0.15, 0.2) is 82.6 Å². The summed E-state index contributed by atoms with van der Waals surface area (Å²) >= 11 is 4.36. The van der Waals surface area contributed by atoms with Crippen LogP contribution in [0.3, 0.4) is 0 Å². The molecule has 0 bridgehead atoms. The number of sulfonamides is 1. The van der Waals surface area contributed by atoms with Gasteiger partial charge >= 0.3 is 6.18 Å². The molecule has 0 spiro atoms. The first-order chi connectivity index (χ1) is 20.3. The first-order valence-electron chi connectivity index (χ1n) is 13.8. The Morgan fingerprint density at radius 1 is 0.977 bits per heavy atom. The molecular weight excluding hydrogens is 606 g/mol.